The quantitative estimate of drug-likeness (QED) is 0.726. The van der Waals surface area contributed by atoms with Crippen molar-refractivity contribution in [2.75, 3.05) is 18.0 Å². The molecule has 0 radical (unpaired) electrons. The van der Waals surface area contributed by atoms with E-state index in [9.17, 15) is 0 Å². The fourth-order valence-electron chi connectivity index (χ4n) is 2.96. The molecular formula is C17H16ClN5O. The molecule has 0 saturated carbocycles. The lowest BCUT2D eigenvalue weighted by Crippen LogP contribution is -2.20. The molecule has 122 valence electrons. The molecule has 3 aromatic rings. The Morgan fingerprint density at radius 1 is 1.17 bits per heavy atom. The third kappa shape index (κ3) is 2.85. The molecule has 1 fully saturated rings. The molecule has 0 N–H and O–H groups in total. The molecule has 2 aromatic heterocycles. The van der Waals surface area contributed by atoms with Crippen molar-refractivity contribution >= 4 is 17.4 Å². The van der Waals surface area contributed by atoms with Crippen molar-refractivity contribution in [2.24, 2.45) is 0 Å². The van der Waals surface area contributed by atoms with E-state index in [0.717, 1.165) is 36.6 Å². The number of hydrogen-bond acceptors (Lipinski definition) is 6. The van der Waals surface area contributed by atoms with E-state index < -0.39 is 0 Å². The molecule has 6 nitrogen and oxygen atoms in total. The van der Waals surface area contributed by atoms with E-state index in [1.807, 2.05) is 43.3 Å². The molecule has 1 aromatic carbocycles. The fraction of sp³-hybridized carbons (Fsp3) is 0.294. The van der Waals surface area contributed by atoms with E-state index in [2.05, 4.69) is 25.2 Å². The van der Waals surface area contributed by atoms with Gasteiger partial charge in [-0.05, 0) is 31.5 Å². The predicted molar refractivity (Wildman–Crippen MR) is 91.1 cm³/mol. The van der Waals surface area contributed by atoms with Crippen molar-refractivity contribution in [1.82, 2.24) is 20.3 Å². The van der Waals surface area contributed by atoms with E-state index in [1.54, 1.807) is 0 Å². The van der Waals surface area contributed by atoms with Crippen LogP contribution in [0.2, 0.25) is 5.02 Å². The van der Waals surface area contributed by atoms with Gasteiger partial charge in [-0.15, -0.1) is 10.2 Å². The second-order valence-corrected chi connectivity index (χ2v) is 6.28. The number of halogens is 1. The molecular weight excluding hydrogens is 326 g/mol. The van der Waals surface area contributed by atoms with Crippen LogP contribution in [0.5, 0.6) is 0 Å². The number of hydrogen-bond donors (Lipinski definition) is 0. The first kappa shape index (κ1) is 15.1. The Balaban J connectivity index is 1.51. The Bertz CT molecular complexity index is 848. The van der Waals surface area contributed by atoms with Crippen LogP contribution in [0.4, 0.5) is 5.82 Å². The Morgan fingerprint density at radius 3 is 2.75 bits per heavy atom. The van der Waals surface area contributed by atoms with Gasteiger partial charge in [0.1, 0.15) is 0 Å². The first-order chi connectivity index (χ1) is 11.7. The molecule has 0 bridgehead atoms. The fourth-order valence-corrected chi connectivity index (χ4v) is 3.19. The number of rotatable bonds is 3. The second-order valence-electron chi connectivity index (χ2n) is 5.87. The van der Waals surface area contributed by atoms with Crippen LogP contribution in [0.1, 0.15) is 24.1 Å². The molecule has 1 saturated heterocycles. The smallest absolute Gasteiger partial charge is 0.231 e. The highest BCUT2D eigenvalue weighted by Crippen LogP contribution is 2.30. The zero-order chi connectivity index (χ0) is 16.5. The molecule has 3 heterocycles. The van der Waals surface area contributed by atoms with Gasteiger partial charge in [0.2, 0.25) is 5.89 Å². The molecule has 7 heteroatoms. The SMILES string of the molecule is Cc1noc(C2CCN(c3ccc(-c4ccccc4Cl)nn3)C2)n1. The summed E-state index contributed by atoms with van der Waals surface area (Å²) >= 11 is 6.21. The van der Waals surface area contributed by atoms with Crippen molar-refractivity contribution in [3.05, 3.63) is 53.1 Å². The van der Waals surface area contributed by atoms with Crippen LogP contribution in [-0.2, 0) is 0 Å². The van der Waals surface area contributed by atoms with E-state index in [1.165, 1.54) is 0 Å². The third-order valence-corrected chi connectivity index (χ3v) is 4.53. The van der Waals surface area contributed by atoms with Crippen molar-refractivity contribution in [3.63, 3.8) is 0 Å². The van der Waals surface area contributed by atoms with Gasteiger partial charge in [-0.25, -0.2) is 0 Å². The monoisotopic (exact) mass is 341 g/mol. The minimum atomic E-state index is 0.247. The number of anilines is 1. The standard InChI is InChI=1S/C17H16ClN5O/c1-11-19-17(24-22-11)12-8-9-23(10-12)16-7-6-15(20-21-16)13-4-2-3-5-14(13)18/h2-7,12H,8-10H2,1H3. The van der Waals surface area contributed by atoms with Gasteiger partial charge in [-0.1, -0.05) is 35.0 Å². The van der Waals surface area contributed by atoms with Crippen LogP contribution >= 0.6 is 11.6 Å². The average molecular weight is 342 g/mol. The van der Waals surface area contributed by atoms with Gasteiger partial charge in [0.15, 0.2) is 11.6 Å². The largest absolute Gasteiger partial charge is 0.354 e. The molecule has 1 aliphatic rings. The molecule has 24 heavy (non-hydrogen) atoms. The third-order valence-electron chi connectivity index (χ3n) is 4.21. The summed E-state index contributed by atoms with van der Waals surface area (Å²) in [7, 11) is 0. The van der Waals surface area contributed by atoms with E-state index in [0.29, 0.717) is 16.7 Å². The summed E-state index contributed by atoms with van der Waals surface area (Å²) < 4.78 is 5.28. The first-order valence-corrected chi connectivity index (χ1v) is 8.22. The van der Waals surface area contributed by atoms with Gasteiger partial charge in [0.25, 0.3) is 0 Å². The molecule has 1 unspecified atom stereocenters. The highest BCUT2D eigenvalue weighted by atomic mass is 35.5. The number of nitrogens with zero attached hydrogens (tertiary/aromatic N) is 5. The van der Waals surface area contributed by atoms with Crippen LogP contribution in [0.25, 0.3) is 11.3 Å². The minimum absolute atomic E-state index is 0.247. The predicted octanol–water partition coefficient (Wildman–Crippen LogP) is 3.48. The lowest BCUT2D eigenvalue weighted by Gasteiger charge is -2.16. The maximum absolute atomic E-state index is 6.21. The van der Waals surface area contributed by atoms with Gasteiger partial charge < -0.3 is 9.42 Å². The summed E-state index contributed by atoms with van der Waals surface area (Å²) in [6, 6.07) is 11.6. The van der Waals surface area contributed by atoms with E-state index >= 15 is 0 Å². The van der Waals surface area contributed by atoms with Gasteiger partial charge >= 0.3 is 0 Å². The number of benzene rings is 1. The maximum atomic E-state index is 6.21. The summed E-state index contributed by atoms with van der Waals surface area (Å²) in [6.07, 6.45) is 0.968. The highest BCUT2D eigenvalue weighted by molar-refractivity contribution is 6.33. The van der Waals surface area contributed by atoms with Gasteiger partial charge in [0.05, 0.1) is 16.6 Å². The van der Waals surface area contributed by atoms with E-state index in [4.69, 9.17) is 16.1 Å². The number of aromatic nitrogens is 4. The van der Waals surface area contributed by atoms with Crippen molar-refractivity contribution < 1.29 is 4.52 Å². The Kier molecular flexibility index (Phi) is 3.90. The van der Waals surface area contributed by atoms with E-state index in [-0.39, 0.29) is 5.92 Å². The van der Waals surface area contributed by atoms with Crippen LogP contribution in [0.3, 0.4) is 0 Å². The summed E-state index contributed by atoms with van der Waals surface area (Å²) in [4.78, 5) is 6.52. The van der Waals surface area contributed by atoms with Crippen LogP contribution in [-0.4, -0.2) is 33.4 Å². The first-order valence-electron chi connectivity index (χ1n) is 7.84. The lowest BCUT2D eigenvalue weighted by atomic mass is 10.1. The zero-order valence-electron chi connectivity index (χ0n) is 13.2. The Hall–Kier alpha value is -2.47. The summed E-state index contributed by atoms with van der Waals surface area (Å²) in [6.45, 7) is 3.53. The molecule has 0 aliphatic carbocycles. The van der Waals surface area contributed by atoms with Crippen molar-refractivity contribution in [3.8, 4) is 11.3 Å². The van der Waals surface area contributed by atoms with Gasteiger partial charge in [0, 0.05) is 18.7 Å². The molecule has 0 amide bonds. The van der Waals surface area contributed by atoms with Crippen LogP contribution in [0, 0.1) is 6.92 Å². The molecule has 4 rings (SSSR count). The molecule has 1 atom stereocenters. The second kappa shape index (κ2) is 6.20. The van der Waals surface area contributed by atoms with Crippen LogP contribution < -0.4 is 4.90 Å². The molecule has 0 spiro atoms. The maximum Gasteiger partial charge on any atom is 0.231 e. The van der Waals surface area contributed by atoms with Crippen molar-refractivity contribution in [1.29, 1.82) is 0 Å². The Morgan fingerprint density at radius 2 is 2.04 bits per heavy atom. The van der Waals surface area contributed by atoms with Crippen molar-refractivity contribution in [2.45, 2.75) is 19.3 Å². The zero-order valence-corrected chi connectivity index (χ0v) is 13.9. The number of aryl methyl sites for hydroxylation is 1. The molecule has 1 aliphatic heterocycles. The van der Waals surface area contributed by atoms with Crippen LogP contribution in [0.15, 0.2) is 40.9 Å². The summed E-state index contributed by atoms with van der Waals surface area (Å²) in [5.41, 5.74) is 1.66. The highest BCUT2D eigenvalue weighted by Gasteiger charge is 2.29. The van der Waals surface area contributed by atoms with Gasteiger partial charge in [-0.3, -0.25) is 0 Å². The average Bonchev–Trinajstić information content (AvgIpc) is 3.24. The normalized spacial score (nSPS) is 17.4. The summed E-state index contributed by atoms with van der Waals surface area (Å²) in [5, 5.41) is 13.2. The minimum Gasteiger partial charge on any atom is -0.354 e. The topological polar surface area (TPSA) is 67.9 Å². The lowest BCUT2D eigenvalue weighted by molar-refractivity contribution is 0.356. The van der Waals surface area contributed by atoms with Gasteiger partial charge in [-0.2, -0.15) is 4.98 Å². The summed E-state index contributed by atoms with van der Waals surface area (Å²) in [5.74, 6) is 2.48. The Labute approximate surface area is 144 Å².